The van der Waals surface area contributed by atoms with Gasteiger partial charge in [-0.15, -0.1) is 0 Å². The van der Waals surface area contributed by atoms with Gasteiger partial charge in [0.25, 0.3) is 5.91 Å². The first-order valence-corrected chi connectivity index (χ1v) is 9.56. The number of carbonyl (C=O) groups is 4. The molecule has 0 heterocycles. The maximum absolute atomic E-state index is 12.5. The Morgan fingerprint density at radius 2 is 1.63 bits per heavy atom. The number of rotatable bonds is 9. The zero-order chi connectivity index (χ0) is 26.2. The van der Waals surface area contributed by atoms with E-state index in [9.17, 15) is 32.3 Å². The lowest BCUT2D eigenvalue weighted by molar-refractivity contribution is -0.286. The van der Waals surface area contributed by atoms with Crippen LogP contribution in [0, 0.1) is 5.41 Å². The monoisotopic (exact) mass is 497 g/mol. The number of benzene rings is 2. The van der Waals surface area contributed by atoms with Crippen LogP contribution in [0.4, 0.5) is 13.2 Å². The number of ether oxygens (including phenoxy) is 1. The number of nitrogens with one attached hydrogen (secondary N) is 2. The van der Waals surface area contributed by atoms with Gasteiger partial charge < -0.3 is 20.9 Å². The Bertz CT molecular complexity index is 1120. The quantitative estimate of drug-likeness (QED) is 0.174. The molecule has 0 bridgehead atoms. The summed E-state index contributed by atoms with van der Waals surface area (Å²) in [5, 5.41) is 18.8. The molecule has 0 aliphatic rings. The first-order chi connectivity index (χ1) is 16.4. The van der Waals surface area contributed by atoms with E-state index in [4.69, 9.17) is 21.0 Å². The highest BCUT2D eigenvalue weighted by Crippen LogP contribution is 2.17. The predicted octanol–water partition coefficient (Wildman–Crippen LogP) is 1.80. The summed E-state index contributed by atoms with van der Waals surface area (Å²) in [6.45, 7) is -0.400. The Morgan fingerprint density at radius 3 is 2.20 bits per heavy atom. The van der Waals surface area contributed by atoms with E-state index in [1.807, 2.05) is 0 Å². The van der Waals surface area contributed by atoms with Crippen LogP contribution in [-0.4, -0.2) is 53.6 Å². The molecule has 186 valence electrons. The number of hydrogen-bond acceptors (Lipinski definition) is 8. The van der Waals surface area contributed by atoms with E-state index in [0.29, 0.717) is 5.56 Å². The molecule has 2 aromatic carbocycles. The van der Waals surface area contributed by atoms with E-state index in [1.54, 1.807) is 0 Å². The van der Waals surface area contributed by atoms with Gasteiger partial charge in [0.2, 0.25) is 0 Å². The molecule has 0 saturated heterocycles. The predicted molar refractivity (Wildman–Crippen MR) is 110 cm³/mol. The third-order valence-corrected chi connectivity index (χ3v) is 4.18. The molecule has 0 unspecified atom stereocenters. The number of aromatic carboxylic acids is 1. The molecule has 2 aromatic rings. The van der Waals surface area contributed by atoms with Crippen LogP contribution in [0.1, 0.15) is 32.7 Å². The summed E-state index contributed by atoms with van der Waals surface area (Å²) in [6, 6.07) is 9.49. The van der Waals surface area contributed by atoms with Crippen molar-refractivity contribution in [2.45, 2.75) is 18.6 Å². The summed E-state index contributed by atoms with van der Waals surface area (Å²) in [4.78, 5) is 53.4. The van der Waals surface area contributed by atoms with Crippen molar-refractivity contribution in [3.63, 3.8) is 0 Å². The summed E-state index contributed by atoms with van der Waals surface area (Å²) < 4.78 is 42.1. The third kappa shape index (κ3) is 8.34. The molecule has 0 aliphatic carbocycles. The minimum atomic E-state index is -5.39. The van der Waals surface area contributed by atoms with Gasteiger partial charge in [0, 0.05) is 11.1 Å². The SMILES string of the molecule is N=C(N)c1cccc(OC[C@@H](CC(=O)OOC(=O)C(F)(F)F)NC(=O)c2ccc(C(=O)O)cc2)c1. The number of carboxylic acids is 1. The molecule has 1 atom stereocenters. The minimum absolute atomic E-state index is 0.00967. The summed E-state index contributed by atoms with van der Waals surface area (Å²) in [5.41, 5.74) is 5.65. The van der Waals surface area contributed by atoms with Crippen LogP contribution < -0.4 is 15.8 Å². The Hall–Kier alpha value is -4.62. The van der Waals surface area contributed by atoms with Gasteiger partial charge in [-0.2, -0.15) is 13.2 Å². The fourth-order valence-corrected chi connectivity index (χ4v) is 2.50. The number of hydrogen-bond donors (Lipinski definition) is 4. The van der Waals surface area contributed by atoms with E-state index in [0.717, 1.165) is 0 Å². The molecule has 0 aromatic heterocycles. The summed E-state index contributed by atoms with van der Waals surface area (Å²) in [7, 11) is 0. The van der Waals surface area contributed by atoms with Gasteiger partial charge in [-0.25, -0.2) is 24.2 Å². The van der Waals surface area contributed by atoms with E-state index in [1.165, 1.54) is 48.5 Å². The number of halogens is 3. The second-order valence-corrected chi connectivity index (χ2v) is 6.83. The maximum atomic E-state index is 12.5. The van der Waals surface area contributed by atoms with E-state index < -0.39 is 49.1 Å². The van der Waals surface area contributed by atoms with Crippen molar-refractivity contribution < 1.29 is 52.0 Å². The Morgan fingerprint density at radius 1 is 1.00 bits per heavy atom. The topological polar surface area (TPSA) is 178 Å². The van der Waals surface area contributed by atoms with E-state index in [-0.39, 0.29) is 22.7 Å². The number of carbonyl (C=O) groups excluding carboxylic acids is 3. The number of alkyl halides is 3. The molecular formula is C21H18F3N3O8. The summed E-state index contributed by atoms with van der Waals surface area (Å²) in [6.07, 6.45) is -6.16. The Balaban J connectivity index is 2.11. The molecule has 35 heavy (non-hydrogen) atoms. The third-order valence-electron chi connectivity index (χ3n) is 4.18. The van der Waals surface area contributed by atoms with E-state index in [2.05, 4.69) is 15.1 Å². The van der Waals surface area contributed by atoms with Gasteiger partial charge in [0.05, 0.1) is 18.0 Å². The number of carboxylic acid groups (broad SMARTS) is 1. The maximum Gasteiger partial charge on any atom is 0.495 e. The van der Waals surface area contributed by atoms with Gasteiger partial charge >= 0.3 is 24.1 Å². The summed E-state index contributed by atoms with van der Waals surface area (Å²) in [5.74, 6) is -6.21. The second-order valence-electron chi connectivity index (χ2n) is 6.83. The van der Waals surface area contributed by atoms with Crippen molar-refractivity contribution in [3.05, 3.63) is 65.2 Å². The van der Waals surface area contributed by atoms with Crippen molar-refractivity contribution in [1.29, 1.82) is 5.41 Å². The van der Waals surface area contributed by atoms with Crippen molar-refractivity contribution in [3.8, 4) is 5.75 Å². The van der Waals surface area contributed by atoms with Gasteiger partial charge in [0.1, 0.15) is 18.2 Å². The van der Waals surface area contributed by atoms with Crippen molar-refractivity contribution in [1.82, 2.24) is 5.32 Å². The molecule has 0 saturated carbocycles. The highest BCUT2D eigenvalue weighted by molar-refractivity contribution is 5.96. The summed E-state index contributed by atoms with van der Waals surface area (Å²) >= 11 is 0. The molecule has 0 fully saturated rings. The number of nitrogens with two attached hydrogens (primary N) is 1. The molecule has 0 aliphatic heterocycles. The smallest absolute Gasteiger partial charge is 0.491 e. The lowest BCUT2D eigenvalue weighted by Crippen LogP contribution is -2.41. The van der Waals surface area contributed by atoms with Gasteiger partial charge in [-0.05, 0) is 36.4 Å². The van der Waals surface area contributed by atoms with Crippen molar-refractivity contribution in [2.75, 3.05) is 6.61 Å². The Labute approximate surface area is 195 Å². The van der Waals surface area contributed by atoms with Crippen molar-refractivity contribution in [2.24, 2.45) is 5.73 Å². The lowest BCUT2D eigenvalue weighted by Gasteiger charge is -2.19. The van der Waals surface area contributed by atoms with Crippen LogP contribution in [0.2, 0.25) is 0 Å². The fraction of sp³-hybridized carbons (Fsp3) is 0.190. The molecular weight excluding hydrogens is 479 g/mol. The van der Waals surface area contributed by atoms with Gasteiger partial charge in [-0.3, -0.25) is 10.2 Å². The minimum Gasteiger partial charge on any atom is -0.491 e. The number of amidine groups is 1. The second kappa shape index (κ2) is 11.5. The molecule has 5 N–H and O–H groups in total. The van der Waals surface area contributed by atoms with Crippen LogP contribution in [0.3, 0.4) is 0 Å². The van der Waals surface area contributed by atoms with Crippen molar-refractivity contribution >= 4 is 29.7 Å². The fourth-order valence-electron chi connectivity index (χ4n) is 2.50. The zero-order valence-electron chi connectivity index (χ0n) is 17.6. The van der Waals surface area contributed by atoms with Gasteiger partial charge in [-0.1, -0.05) is 12.1 Å². The average Bonchev–Trinajstić information content (AvgIpc) is 2.80. The molecule has 1 amide bonds. The molecule has 14 heteroatoms. The highest BCUT2D eigenvalue weighted by Gasteiger charge is 2.43. The molecule has 0 spiro atoms. The average molecular weight is 497 g/mol. The van der Waals surface area contributed by atoms with Gasteiger partial charge in [0.15, 0.2) is 0 Å². The molecule has 2 rings (SSSR count). The van der Waals surface area contributed by atoms with Crippen LogP contribution >= 0.6 is 0 Å². The number of amides is 1. The van der Waals surface area contributed by atoms with Crippen LogP contribution in [0.15, 0.2) is 48.5 Å². The van der Waals surface area contributed by atoms with Crippen LogP contribution in [0.5, 0.6) is 5.75 Å². The lowest BCUT2D eigenvalue weighted by atomic mass is 10.1. The Kier molecular flexibility index (Phi) is 8.74. The largest absolute Gasteiger partial charge is 0.495 e. The first-order valence-electron chi connectivity index (χ1n) is 9.56. The highest BCUT2D eigenvalue weighted by atomic mass is 19.4. The molecule has 11 nitrogen and oxygen atoms in total. The number of nitrogen functional groups attached to an aromatic ring is 1. The zero-order valence-corrected chi connectivity index (χ0v) is 17.6. The first kappa shape index (κ1) is 26.6. The standard InChI is InChI=1S/C21H18F3N3O8/c22-21(23,24)20(32)35-34-16(28)9-14(10-33-15-3-1-2-13(8-15)17(25)26)27-18(29)11-4-6-12(7-5-11)19(30)31/h1-8,14H,9-10H2,(H3,25,26)(H,27,29)(H,30,31)/t14-/m1/s1. The van der Waals surface area contributed by atoms with Crippen LogP contribution in [0.25, 0.3) is 0 Å². The van der Waals surface area contributed by atoms with Crippen LogP contribution in [-0.2, 0) is 19.4 Å². The van der Waals surface area contributed by atoms with E-state index >= 15 is 0 Å². The normalized spacial score (nSPS) is 11.6. The molecule has 0 radical (unpaired) electrons.